The van der Waals surface area contributed by atoms with E-state index in [0.717, 1.165) is 0 Å². The summed E-state index contributed by atoms with van der Waals surface area (Å²) in [6.07, 6.45) is -1.42. The zero-order valence-corrected chi connectivity index (χ0v) is 6.41. The first kappa shape index (κ1) is 9.44. The maximum Gasteiger partial charge on any atom is 0.300 e. The quantitative estimate of drug-likeness (QED) is 0.583. The molecular weight excluding hydrogens is 182 g/mol. The Labute approximate surface area is 72.3 Å². The van der Waals surface area contributed by atoms with E-state index in [1.165, 1.54) is 18.4 Å². The molecule has 0 spiro atoms. The number of aliphatic hydroxyl groups is 1. The van der Waals surface area contributed by atoms with E-state index in [0.29, 0.717) is 6.08 Å². The molecule has 13 heavy (non-hydrogen) atoms. The largest absolute Gasteiger partial charge is 0.504 e. The molecule has 0 aliphatic rings. The summed E-state index contributed by atoms with van der Waals surface area (Å²) >= 11 is 0. The number of furan rings is 1. The third-order valence-corrected chi connectivity index (χ3v) is 1.27. The second kappa shape index (κ2) is 3.84. The second-order valence-corrected chi connectivity index (χ2v) is 2.21. The predicted molar refractivity (Wildman–Crippen MR) is 40.3 cm³/mol. The minimum Gasteiger partial charge on any atom is -0.504 e. The van der Waals surface area contributed by atoms with Gasteiger partial charge in [0.1, 0.15) is 0 Å². The Bertz CT molecular complexity index is 314. The van der Waals surface area contributed by atoms with Crippen LogP contribution in [0.25, 0.3) is 5.76 Å². The standard InChI is InChI=1S/C8H6F2O3/c9-8(10)6(12)4-5(11)7-2-1-3-13-7/h1-4,8,11H. The normalized spacial score (nSPS) is 12.1. The third kappa shape index (κ3) is 2.40. The van der Waals surface area contributed by atoms with Crippen LogP contribution in [0.15, 0.2) is 28.9 Å². The van der Waals surface area contributed by atoms with Crippen molar-refractivity contribution in [1.82, 2.24) is 0 Å². The fourth-order valence-corrected chi connectivity index (χ4v) is 0.693. The number of hydrogen-bond acceptors (Lipinski definition) is 3. The van der Waals surface area contributed by atoms with E-state index in [4.69, 9.17) is 5.11 Å². The number of ketones is 1. The topological polar surface area (TPSA) is 50.4 Å². The van der Waals surface area contributed by atoms with Crippen LogP contribution in [0.4, 0.5) is 8.78 Å². The van der Waals surface area contributed by atoms with Crippen LogP contribution in [-0.4, -0.2) is 17.3 Å². The number of allylic oxidation sites excluding steroid dienone is 1. The van der Waals surface area contributed by atoms with Crippen LogP contribution < -0.4 is 0 Å². The average Bonchev–Trinajstić information content (AvgIpc) is 2.55. The van der Waals surface area contributed by atoms with Crippen molar-refractivity contribution in [2.75, 3.05) is 0 Å². The van der Waals surface area contributed by atoms with E-state index in [9.17, 15) is 13.6 Å². The van der Waals surface area contributed by atoms with Gasteiger partial charge in [-0.2, -0.15) is 0 Å². The van der Waals surface area contributed by atoms with Crippen molar-refractivity contribution in [2.45, 2.75) is 6.43 Å². The molecule has 0 aliphatic carbocycles. The lowest BCUT2D eigenvalue weighted by atomic mass is 10.3. The van der Waals surface area contributed by atoms with Gasteiger partial charge in [-0.05, 0) is 12.1 Å². The Morgan fingerprint density at radius 2 is 2.31 bits per heavy atom. The zero-order chi connectivity index (χ0) is 9.84. The van der Waals surface area contributed by atoms with Gasteiger partial charge in [0, 0.05) is 6.08 Å². The van der Waals surface area contributed by atoms with Crippen molar-refractivity contribution in [3.05, 3.63) is 30.2 Å². The van der Waals surface area contributed by atoms with Crippen LogP contribution in [0.2, 0.25) is 0 Å². The lowest BCUT2D eigenvalue weighted by molar-refractivity contribution is -0.124. The SMILES string of the molecule is O=C(C=C(O)c1ccco1)C(F)F. The highest BCUT2D eigenvalue weighted by Gasteiger charge is 2.14. The Morgan fingerprint density at radius 1 is 1.62 bits per heavy atom. The first-order valence-electron chi connectivity index (χ1n) is 3.38. The fraction of sp³-hybridized carbons (Fsp3) is 0.125. The van der Waals surface area contributed by atoms with Gasteiger partial charge >= 0.3 is 0 Å². The first-order chi connectivity index (χ1) is 6.11. The molecule has 0 atom stereocenters. The van der Waals surface area contributed by atoms with Gasteiger partial charge in [-0.1, -0.05) is 0 Å². The minimum absolute atomic E-state index is 0.0194. The molecular formula is C8H6F2O3. The van der Waals surface area contributed by atoms with Crippen molar-refractivity contribution in [2.24, 2.45) is 0 Å². The van der Waals surface area contributed by atoms with Crippen molar-refractivity contribution in [3.8, 4) is 0 Å². The number of rotatable bonds is 3. The highest BCUT2D eigenvalue weighted by atomic mass is 19.3. The van der Waals surface area contributed by atoms with Crippen LogP contribution in [0, 0.1) is 0 Å². The molecule has 0 bridgehead atoms. The number of halogens is 2. The maximum absolute atomic E-state index is 11.7. The molecule has 1 aromatic heterocycles. The molecule has 1 heterocycles. The molecule has 0 unspecified atom stereocenters. The molecule has 0 radical (unpaired) electrons. The fourth-order valence-electron chi connectivity index (χ4n) is 0.693. The summed E-state index contributed by atoms with van der Waals surface area (Å²) in [6.45, 7) is 0. The summed E-state index contributed by atoms with van der Waals surface area (Å²) in [7, 11) is 0. The molecule has 0 saturated heterocycles. The summed E-state index contributed by atoms with van der Waals surface area (Å²) in [4.78, 5) is 10.4. The van der Waals surface area contributed by atoms with Crippen molar-refractivity contribution < 1.29 is 23.1 Å². The monoisotopic (exact) mass is 188 g/mol. The molecule has 0 fully saturated rings. The molecule has 1 aromatic rings. The average molecular weight is 188 g/mol. The van der Waals surface area contributed by atoms with Crippen molar-refractivity contribution >= 4 is 11.5 Å². The zero-order valence-electron chi connectivity index (χ0n) is 6.41. The van der Waals surface area contributed by atoms with Gasteiger partial charge in [-0.25, -0.2) is 8.78 Å². The van der Waals surface area contributed by atoms with Crippen LogP contribution >= 0.6 is 0 Å². The number of hydrogen-bond donors (Lipinski definition) is 1. The maximum atomic E-state index is 11.7. The predicted octanol–water partition coefficient (Wildman–Crippen LogP) is 2.01. The Morgan fingerprint density at radius 3 is 2.77 bits per heavy atom. The number of carbonyl (C=O) groups excluding carboxylic acids is 1. The summed E-state index contributed by atoms with van der Waals surface area (Å²) in [5, 5.41) is 9.04. The minimum atomic E-state index is -3.11. The number of alkyl halides is 2. The molecule has 70 valence electrons. The van der Waals surface area contributed by atoms with Gasteiger partial charge in [0.25, 0.3) is 6.43 Å². The van der Waals surface area contributed by atoms with E-state index >= 15 is 0 Å². The van der Waals surface area contributed by atoms with Crippen molar-refractivity contribution in [3.63, 3.8) is 0 Å². The van der Waals surface area contributed by atoms with Crippen LogP contribution in [-0.2, 0) is 4.79 Å². The number of carbonyl (C=O) groups is 1. The molecule has 0 aliphatic heterocycles. The van der Waals surface area contributed by atoms with E-state index in [1.807, 2.05) is 0 Å². The smallest absolute Gasteiger partial charge is 0.300 e. The Hall–Kier alpha value is -1.65. The van der Waals surface area contributed by atoms with E-state index in [1.54, 1.807) is 0 Å². The van der Waals surface area contributed by atoms with Crippen LogP contribution in [0.5, 0.6) is 0 Å². The van der Waals surface area contributed by atoms with Crippen LogP contribution in [0.3, 0.4) is 0 Å². The van der Waals surface area contributed by atoms with Crippen LogP contribution in [0.1, 0.15) is 5.76 Å². The second-order valence-electron chi connectivity index (χ2n) is 2.21. The highest BCUT2D eigenvalue weighted by molar-refractivity contribution is 5.97. The summed E-state index contributed by atoms with van der Waals surface area (Å²) in [5.41, 5.74) is 0. The van der Waals surface area contributed by atoms with E-state index in [2.05, 4.69) is 4.42 Å². The van der Waals surface area contributed by atoms with E-state index in [-0.39, 0.29) is 5.76 Å². The van der Waals surface area contributed by atoms with Gasteiger partial charge in [0.15, 0.2) is 11.5 Å². The summed E-state index contributed by atoms with van der Waals surface area (Å²) in [5.74, 6) is -2.07. The van der Waals surface area contributed by atoms with Gasteiger partial charge in [-0.15, -0.1) is 0 Å². The Balaban J connectivity index is 2.78. The van der Waals surface area contributed by atoms with E-state index < -0.39 is 18.0 Å². The molecule has 0 saturated carbocycles. The Kier molecular flexibility index (Phi) is 2.79. The van der Waals surface area contributed by atoms with Gasteiger partial charge in [0.05, 0.1) is 6.26 Å². The third-order valence-electron chi connectivity index (χ3n) is 1.27. The van der Waals surface area contributed by atoms with Gasteiger partial charge < -0.3 is 9.52 Å². The van der Waals surface area contributed by atoms with Gasteiger partial charge in [0.2, 0.25) is 5.78 Å². The summed E-state index contributed by atoms with van der Waals surface area (Å²) in [6, 6.07) is 2.82. The molecule has 3 nitrogen and oxygen atoms in total. The first-order valence-corrected chi connectivity index (χ1v) is 3.38. The molecule has 1 rings (SSSR count). The molecule has 1 N–H and O–H groups in total. The highest BCUT2D eigenvalue weighted by Crippen LogP contribution is 2.12. The molecule has 0 amide bonds. The lowest BCUT2D eigenvalue weighted by Gasteiger charge is -1.94. The van der Waals surface area contributed by atoms with Crippen molar-refractivity contribution in [1.29, 1.82) is 0 Å². The summed E-state index contributed by atoms with van der Waals surface area (Å²) < 4.78 is 28.0. The van der Waals surface area contributed by atoms with Gasteiger partial charge in [-0.3, -0.25) is 4.79 Å². The number of aliphatic hydroxyl groups excluding tert-OH is 1. The molecule has 0 aromatic carbocycles. The molecule has 5 heteroatoms. The lowest BCUT2D eigenvalue weighted by Crippen LogP contribution is -2.06.